The molecule has 0 aromatic carbocycles. The van der Waals surface area contributed by atoms with E-state index < -0.39 is 23.1 Å². The first-order chi connectivity index (χ1) is 15.1. The van der Waals surface area contributed by atoms with E-state index in [0.717, 1.165) is 38.5 Å². The van der Waals surface area contributed by atoms with Crippen LogP contribution in [0.25, 0.3) is 0 Å². The van der Waals surface area contributed by atoms with E-state index in [0.29, 0.717) is 0 Å². The first kappa shape index (κ1) is 40.7. The summed E-state index contributed by atoms with van der Waals surface area (Å²) in [7, 11) is 0. The van der Waals surface area contributed by atoms with Crippen molar-refractivity contribution in [1.82, 2.24) is 0 Å². The number of hydrogen-bond acceptors (Lipinski definition) is 4. The molecule has 0 bridgehead atoms. The van der Waals surface area contributed by atoms with Crippen molar-refractivity contribution < 1.29 is 19.1 Å². The number of carbonyl (C=O) groups excluding carboxylic acids is 2. The summed E-state index contributed by atoms with van der Waals surface area (Å²) in [5.74, 6) is -0.963. The van der Waals surface area contributed by atoms with Gasteiger partial charge in [-0.3, -0.25) is 9.59 Å². The maximum absolute atomic E-state index is 12.8. The monoisotopic (exact) mass is 516 g/mol. The zero-order valence-electron chi connectivity index (χ0n) is 23.8. The van der Waals surface area contributed by atoms with Crippen LogP contribution in [0.1, 0.15) is 153 Å². The average molecular weight is 517 g/mol. The van der Waals surface area contributed by atoms with Gasteiger partial charge in [0.15, 0.2) is 0 Å². The molecule has 2 atom stereocenters. The van der Waals surface area contributed by atoms with Gasteiger partial charge >= 0.3 is 82.2 Å². The van der Waals surface area contributed by atoms with Crippen LogP contribution in [0, 0.1) is 10.8 Å². The molecule has 6 heteroatoms. The predicted molar refractivity (Wildman–Crippen MR) is 154 cm³/mol. The van der Waals surface area contributed by atoms with Crippen molar-refractivity contribution in [2.75, 3.05) is 0 Å². The summed E-state index contributed by atoms with van der Waals surface area (Å²) in [6, 6.07) is 0. The Labute approximate surface area is 273 Å². The summed E-state index contributed by atoms with van der Waals surface area (Å²) < 4.78 is 11.9. The second-order valence-electron chi connectivity index (χ2n) is 12.4. The van der Waals surface area contributed by atoms with Gasteiger partial charge < -0.3 is 9.47 Å². The molecule has 0 fully saturated rings. The third-order valence-electron chi connectivity index (χ3n) is 7.65. The van der Waals surface area contributed by atoms with Gasteiger partial charge in [-0.25, -0.2) is 0 Å². The van der Waals surface area contributed by atoms with E-state index in [9.17, 15) is 9.59 Å². The Bertz CT molecular complexity index is 532. The van der Waals surface area contributed by atoms with Gasteiger partial charge in [-0.1, -0.05) is 107 Å². The standard InChI is InChI=1S/C29H56O4.K.Li.2H/c1-11-13-15-17-19-21-28(9,26(3,4)5)32-24(30)23-25(31)33-29(10,27(6,7)8)22-20-18-16-14-12-2;;;;/h11-23H2,1-10H3;;;;. The molecule has 0 saturated heterocycles. The van der Waals surface area contributed by atoms with Crippen molar-refractivity contribution in [2.24, 2.45) is 10.8 Å². The van der Waals surface area contributed by atoms with Gasteiger partial charge in [-0.05, 0) is 39.5 Å². The second kappa shape index (κ2) is 19.3. The van der Waals surface area contributed by atoms with Crippen molar-refractivity contribution in [2.45, 2.75) is 164 Å². The number of hydrogen-bond donors (Lipinski definition) is 0. The molecule has 35 heavy (non-hydrogen) atoms. The molecule has 0 aliphatic heterocycles. The molecule has 4 nitrogen and oxygen atoms in total. The summed E-state index contributed by atoms with van der Waals surface area (Å²) >= 11 is 0. The molecular weight excluding hydrogens is 458 g/mol. The van der Waals surface area contributed by atoms with E-state index in [4.69, 9.17) is 9.47 Å². The Balaban J connectivity index is -0.00000512. The van der Waals surface area contributed by atoms with Gasteiger partial charge in [0.2, 0.25) is 0 Å². The van der Waals surface area contributed by atoms with Crippen molar-refractivity contribution in [3.63, 3.8) is 0 Å². The zero-order chi connectivity index (χ0) is 25.8. The molecule has 0 aromatic heterocycles. The van der Waals surface area contributed by atoms with Crippen LogP contribution in [0.4, 0.5) is 0 Å². The Morgan fingerprint density at radius 1 is 0.543 bits per heavy atom. The summed E-state index contributed by atoms with van der Waals surface area (Å²) in [5, 5.41) is 0. The SMILES string of the molecule is CCCCCCCC(C)(OC(=O)CC(=O)OC(C)(CCCCCCC)C(C)(C)C)C(C)(C)C.[KH].[LiH]. The van der Waals surface area contributed by atoms with Crippen LogP contribution in [0.5, 0.6) is 0 Å². The molecule has 0 spiro atoms. The van der Waals surface area contributed by atoms with Crippen molar-refractivity contribution in [3.05, 3.63) is 0 Å². The summed E-state index contributed by atoms with van der Waals surface area (Å²) in [4.78, 5) is 25.6. The van der Waals surface area contributed by atoms with Crippen molar-refractivity contribution in [3.8, 4) is 0 Å². The van der Waals surface area contributed by atoms with Gasteiger partial charge in [0.05, 0.1) is 0 Å². The Hall–Kier alpha value is 1.17. The van der Waals surface area contributed by atoms with Gasteiger partial charge in [0.25, 0.3) is 0 Å². The average Bonchev–Trinajstić information content (AvgIpc) is 2.65. The van der Waals surface area contributed by atoms with Crippen LogP contribution in [0.15, 0.2) is 0 Å². The van der Waals surface area contributed by atoms with E-state index in [-0.39, 0.29) is 87.5 Å². The Morgan fingerprint density at radius 2 is 0.829 bits per heavy atom. The molecule has 0 rings (SSSR count). The van der Waals surface area contributed by atoms with Gasteiger partial charge in [0.1, 0.15) is 17.6 Å². The Morgan fingerprint density at radius 3 is 1.09 bits per heavy atom. The van der Waals surface area contributed by atoms with Crippen LogP contribution in [0.3, 0.4) is 0 Å². The maximum atomic E-state index is 12.8. The number of rotatable bonds is 16. The Kier molecular flexibility index (Phi) is 22.4. The summed E-state index contributed by atoms with van der Waals surface area (Å²) in [6.45, 7) is 21.0. The fourth-order valence-corrected chi connectivity index (χ4v) is 3.98. The first-order valence-corrected chi connectivity index (χ1v) is 13.6. The van der Waals surface area contributed by atoms with E-state index in [1.54, 1.807) is 0 Å². The quantitative estimate of drug-likeness (QED) is 0.0922. The summed E-state index contributed by atoms with van der Waals surface area (Å²) in [5.41, 5.74) is -1.64. The van der Waals surface area contributed by atoms with Crippen LogP contribution in [-0.4, -0.2) is 93.4 Å². The number of unbranched alkanes of at least 4 members (excludes halogenated alkanes) is 8. The second-order valence-corrected chi connectivity index (χ2v) is 12.4. The third-order valence-corrected chi connectivity index (χ3v) is 7.65. The molecule has 0 amide bonds. The van der Waals surface area contributed by atoms with Crippen molar-refractivity contribution >= 4 is 82.2 Å². The predicted octanol–water partition coefficient (Wildman–Crippen LogP) is 7.50. The molecule has 0 saturated carbocycles. The van der Waals surface area contributed by atoms with Gasteiger partial charge in [-0.15, -0.1) is 0 Å². The summed E-state index contributed by atoms with van der Waals surface area (Å²) in [6.07, 6.45) is 12.9. The molecule has 200 valence electrons. The third kappa shape index (κ3) is 16.0. The molecule has 0 heterocycles. The van der Waals surface area contributed by atoms with E-state index in [1.807, 2.05) is 13.8 Å². The van der Waals surface area contributed by atoms with Gasteiger partial charge in [0, 0.05) is 10.8 Å². The molecule has 0 aromatic rings. The minimum absolute atomic E-state index is 0. The van der Waals surface area contributed by atoms with Crippen LogP contribution in [-0.2, 0) is 19.1 Å². The van der Waals surface area contributed by atoms with E-state index in [2.05, 4.69) is 55.4 Å². The van der Waals surface area contributed by atoms with E-state index >= 15 is 0 Å². The molecule has 0 aliphatic carbocycles. The minimum atomic E-state index is -0.608. The van der Waals surface area contributed by atoms with Gasteiger partial charge in [-0.2, -0.15) is 0 Å². The van der Waals surface area contributed by atoms with Crippen LogP contribution < -0.4 is 0 Å². The van der Waals surface area contributed by atoms with Crippen LogP contribution in [0.2, 0.25) is 0 Å². The van der Waals surface area contributed by atoms with Crippen molar-refractivity contribution in [1.29, 1.82) is 0 Å². The number of ether oxygens (including phenoxy) is 2. The molecule has 2 unspecified atom stereocenters. The molecular formula is C29H58KLiO4. The molecule has 0 N–H and O–H groups in total. The van der Waals surface area contributed by atoms with Crippen LogP contribution >= 0.6 is 0 Å². The number of esters is 2. The number of carbonyl (C=O) groups is 2. The fraction of sp³-hybridized carbons (Fsp3) is 0.931. The normalized spacial score (nSPS) is 15.1. The fourth-order valence-electron chi connectivity index (χ4n) is 3.98. The van der Waals surface area contributed by atoms with E-state index in [1.165, 1.54) is 38.5 Å². The molecule has 0 radical (unpaired) electrons. The first-order valence-electron chi connectivity index (χ1n) is 13.6. The topological polar surface area (TPSA) is 52.6 Å². The zero-order valence-corrected chi connectivity index (χ0v) is 23.8. The molecule has 0 aliphatic rings.